The molecule has 0 radical (unpaired) electrons. The van der Waals surface area contributed by atoms with Crippen LogP contribution in [0.3, 0.4) is 0 Å². The molecular weight excluding hydrogens is 341 g/mol. The van der Waals surface area contributed by atoms with E-state index in [0.717, 1.165) is 11.8 Å². The van der Waals surface area contributed by atoms with Crippen LogP contribution in [0, 0.1) is 23.7 Å². The highest BCUT2D eigenvalue weighted by Gasteiger charge is 2.49. The van der Waals surface area contributed by atoms with E-state index in [2.05, 4.69) is 4.72 Å². The summed E-state index contributed by atoms with van der Waals surface area (Å²) in [4.78, 5) is 0.0930. The van der Waals surface area contributed by atoms with Gasteiger partial charge in [-0.1, -0.05) is 23.2 Å². The first-order chi connectivity index (χ1) is 10.4. The molecule has 0 saturated heterocycles. The fourth-order valence-corrected chi connectivity index (χ4v) is 7.18. The maximum Gasteiger partial charge on any atom is 0.242 e. The van der Waals surface area contributed by atoms with Gasteiger partial charge in [-0.2, -0.15) is 0 Å². The zero-order valence-electron chi connectivity index (χ0n) is 12.1. The summed E-state index contributed by atoms with van der Waals surface area (Å²) in [5.74, 6) is 2.61. The zero-order chi connectivity index (χ0) is 15.5. The molecule has 5 rings (SSSR count). The largest absolute Gasteiger partial charge is 0.242 e. The first-order valence-electron chi connectivity index (χ1n) is 7.90. The van der Waals surface area contributed by atoms with Crippen molar-refractivity contribution in [1.82, 2.24) is 4.72 Å². The number of halogens is 2. The smallest absolute Gasteiger partial charge is 0.207 e. The van der Waals surface area contributed by atoms with Gasteiger partial charge in [0.2, 0.25) is 10.0 Å². The Morgan fingerprint density at radius 1 is 0.955 bits per heavy atom. The Kier molecular flexibility index (Phi) is 3.72. The molecule has 1 aromatic carbocycles. The molecule has 22 heavy (non-hydrogen) atoms. The summed E-state index contributed by atoms with van der Waals surface area (Å²) >= 11 is 12.0. The second kappa shape index (κ2) is 5.37. The molecule has 0 aliphatic heterocycles. The maximum atomic E-state index is 12.7. The second-order valence-electron chi connectivity index (χ2n) is 7.15. The third-order valence-corrected chi connectivity index (χ3v) is 7.88. The van der Waals surface area contributed by atoms with Gasteiger partial charge >= 0.3 is 0 Å². The Balaban J connectivity index is 1.61. The van der Waals surface area contributed by atoms with Crippen LogP contribution in [0.2, 0.25) is 10.0 Å². The highest BCUT2D eigenvalue weighted by molar-refractivity contribution is 7.89. The van der Waals surface area contributed by atoms with E-state index in [4.69, 9.17) is 23.2 Å². The summed E-state index contributed by atoms with van der Waals surface area (Å²) < 4.78 is 28.4. The van der Waals surface area contributed by atoms with E-state index >= 15 is 0 Å². The molecule has 0 spiro atoms. The van der Waals surface area contributed by atoms with E-state index < -0.39 is 10.0 Å². The molecule has 4 saturated carbocycles. The maximum absolute atomic E-state index is 12.7. The summed E-state index contributed by atoms with van der Waals surface area (Å²) in [6, 6.07) is 4.64. The molecule has 1 N–H and O–H groups in total. The molecule has 0 amide bonds. The Morgan fingerprint density at radius 2 is 1.55 bits per heavy atom. The standard InChI is InChI=1S/C16H19Cl2NO2S/c17-13-1-2-14(18)15(8-13)22(20,21)19-16-11-4-9-3-10(6-11)7-12(16)5-9/h1-2,8-12,16,19H,3-7H2. The van der Waals surface area contributed by atoms with Crippen molar-refractivity contribution >= 4 is 33.2 Å². The molecule has 4 aliphatic carbocycles. The van der Waals surface area contributed by atoms with E-state index in [9.17, 15) is 8.42 Å². The summed E-state index contributed by atoms with van der Waals surface area (Å²) in [6.07, 6.45) is 6.03. The first-order valence-corrected chi connectivity index (χ1v) is 10.1. The Labute approximate surface area is 141 Å². The third-order valence-electron chi connectivity index (χ3n) is 5.70. The van der Waals surface area contributed by atoms with Crippen LogP contribution in [0.4, 0.5) is 0 Å². The van der Waals surface area contributed by atoms with Gasteiger partial charge < -0.3 is 0 Å². The predicted molar refractivity (Wildman–Crippen MR) is 87.6 cm³/mol. The van der Waals surface area contributed by atoms with Crippen molar-refractivity contribution in [2.45, 2.75) is 43.0 Å². The molecule has 6 heteroatoms. The quantitative estimate of drug-likeness (QED) is 0.882. The lowest BCUT2D eigenvalue weighted by Gasteiger charge is -2.54. The van der Waals surface area contributed by atoms with Crippen molar-refractivity contribution in [1.29, 1.82) is 0 Å². The van der Waals surface area contributed by atoms with Gasteiger partial charge in [0.05, 0.1) is 5.02 Å². The molecule has 1 aromatic rings. The van der Waals surface area contributed by atoms with E-state index in [0.29, 0.717) is 16.9 Å². The molecular formula is C16H19Cl2NO2S. The van der Waals surface area contributed by atoms with Gasteiger partial charge in [-0.15, -0.1) is 0 Å². The zero-order valence-corrected chi connectivity index (χ0v) is 14.5. The number of hydrogen-bond donors (Lipinski definition) is 1. The van der Waals surface area contributed by atoms with Crippen LogP contribution in [-0.2, 0) is 10.0 Å². The van der Waals surface area contributed by atoms with Crippen molar-refractivity contribution in [2.75, 3.05) is 0 Å². The molecule has 120 valence electrons. The van der Waals surface area contributed by atoms with E-state index in [1.165, 1.54) is 44.2 Å². The second-order valence-corrected chi connectivity index (χ2v) is 9.68. The number of rotatable bonds is 3. The third kappa shape index (κ3) is 2.58. The predicted octanol–water partition coefficient (Wildman–Crippen LogP) is 4.10. The van der Waals surface area contributed by atoms with Crippen molar-refractivity contribution in [3.63, 3.8) is 0 Å². The SMILES string of the molecule is O=S(=O)(NC1C2CC3CC(C2)CC1C3)c1cc(Cl)ccc1Cl. The molecule has 0 heterocycles. The molecule has 3 nitrogen and oxygen atoms in total. The average Bonchev–Trinajstić information content (AvgIpc) is 2.44. The average molecular weight is 360 g/mol. The van der Waals surface area contributed by atoms with Gasteiger partial charge in [0.25, 0.3) is 0 Å². The highest BCUT2D eigenvalue weighted by atomic mass is 35.5. The summed E-state index contributed by atoms with van der Waals surface area (Å²) in [5.41, 5.74) is 0. The monoisotopic (exact) mass is 359 g/mol. The lowest BCUT2D eigenvalue weighted by Crippen LogP contribution is -2.55. The van der Waals surface area contributed by atoms with Gasteiger partial charge in [-0.25, -0.2) is 13.1 Å². The fraction of sp³-hybridized carbons (Fsp3) is 0.625. The summed E-state index contributed by atoms with van der Waals surface area (Å²) in [6.45, 7) is 0. The van der Waals surface area contributed by atoms with Gasteiger partial charge in [0.1, 0.15) is 4.90 Å². The van der Waals surface area contributed by atoms with Crippen LogP contribution in [0.5, 0.6) is 0 Å². The Morgan fingerprint density at radius 3 is 2.14 bits per heavy atom. The first kappa shape index (κ1) is 15.3. The molecule has 0 atom stereocenters. The van der Waals surface area contributed by atoms with Crippen LogP contribution >= 0.6 is 23.2 Å². The van der Waals surface area contributed by atoms with E-state index in [1.54, 1.807) is 6.07 Å². The van der Waals surface area contributed by atoms with Gasteiger partial charge in [0.15, 0.2) is 0 Å². The number of sulfonamides is 1. The highest BCUT2D eigenvalue weighted by Crippen LogP contribution is 2.54. The van der Waals surface area contributed by atoms with E-state index in [-0.39, 0.29) is 16.0 Å². The minimum absolute atomic E-state index is 0.0628. The molecule has 0 aromatic heterocycles. The van der Waals surface area contributed by atoms with Gasteiger partial charge in [0, 0.05) is 11.1 Å². The van der Waals surface area contributed by atoms with Gasteiger partial charge in [-0.05, 0) is 74.0 Å². The fourth-order valence-electron chi connectivity index (χ4n) is 5.04. The number of nitrogens with one attached hydrogen (secondary N) is 1. The molecule has 0 unspecified atom stereocenters. The van der Waals surface area contributed by atoms with Crippen LogP contribution in [0.15, 0.2) is 23.1 Å². The van der Waals surface area contributed by atoms with Crippen LogP contribution in [0.1, 0.15) is 32.1 Å². The van der Waals surface area contributed by atoms with E-state index in [1.807, 2.05) is 0 Å². The molecule has 4 fully saturated rings. The Bertz CT molecular complexity index is 676. The molecule has 4 aliphatic rings. The number of benzene rings is 1. The van der Waals surface area contributed by atoms with Crippen LogP contribution in [0.25, 0.3) is 0 Å². The minimum Gasteiger partial charge on any atom is -0.207 e. The van der Waals surface area contributed by atoms with Crippen molar-refractivity contribution in [3.8, 4) is 0 Å². The minimum atomic E-state index is -3.62. The van der Waals surface area contributed by atoms with Crippen molar-refractivity contribution in [3.05, 3.63) is 28.2 Å². The summed E-state index contributed by atoms with van der Waals surface area (Å²) in [5, 5.41) is 0.607. The molecule has 4 bridgehead atoms. The lowest BCUT2D eigenvalue weighted by molar-refractivity contribution is -0.00557. The summed E-state index contributed by atoms with van der Waals surface area (Å²) in [7, 11) is -3.62. The topological polar surface area (TPSA) is 46.2 Å². The van der Waals surface area contributed by atoms with Crippen LogP contribution < -0.4 is 4.72 Å². The lowest BCUT2D eigenvalue weighted by atomic mass is 9.54. The normalized spacial score (nSPS) is 36.7. The van der Waals surface area contributed by atoms with Gasteiger partial charge in [-0.3, -0.25) is 0 Å². The Hall–Kier alpha value is -0.290. The van der Waals surface area contributed by atoms with Crippen LogP contribution in [-0.4, -0.2) is 14.5 Å². The number of hydrogen-bond acceptors (Lipinski definition) is 2. The van der Waals surface area contributed by atoms with Crippen molar-refractivity contribution < 1.29 is 8.42 Å². The van der Waals surface area contributed by atoms with Crippen molar-refractivity contribution in [2.24, 2.45) is 23.7 Å².